The van der Waals surface area contributed by atoms with E-state index in [1.165, 1.54) is 11.3 Å². The Morgan fingerprint density at radius 2 is 1.63 bits per heavy atom. The molecule has 3 nitrogen and oxygen atoms in total. The smallest absolute Gasteiger partial charge is 0.0487 e. The van der Waals surface area contributed by atoms with Gasteiger partial charge >= 0.3 is 0 Å². The highest BCUT2D eigenvalue weighted by Gasteiger charge is 1.98. The van der Waals surface area contributed by atoms with Crippen molar-refractivity contribution in [2.45, 2.75) is 13.5 Å². The normalized spacial score (nSPS) is 10.2. The molecule has 0 heterocycles. The molecule has 0 aliphatic carbocycles. The Morgan fingerprint density at radius 3 is 2.26 bits per heavy atom. The first-order chi connectivity index (χ1) is 9.29. The van der Waals surface area contributed by atoms with E-state index < -0.39 is 0 Å². The van der Waals surface area contributed by atoms with E-state index in [1.54, 1.807) is 0 Å². The Morgan fingerprint density at radius 1 is 0.947 bits per heavy atom. The van der Waals surface area contributed by atoms with Gasteiger partial charge in [-0.3, -0.25) is 0 Å². The van der Waals surface area contributed by atoms with E-state index >= 15 is 0 Å². The zero-order valence-corrected chi connectivity index (χ0v) is 11.6. The van der Waals surface area contributed by atoms with Gasteiger partial charge in [0.05, 0.1) is 0 Å². The summed E-state index contributed by atoms with van der Waals surface area (Å²) in [6.45, 7) is 3.97. The molecule has 2 aromatic carbocycles. The van der Waals surface area contributed by atoms with E-state index in [-0.39, 0.29) is 0 Å². The quantitative estimate of drug-likeness (QED) is 0.776. The molecule has 0 unspecified atom stereocenters. The maximum Gasteiger partial charge on any atom is 0.0487 e. The summed E-state index contributed by atoms with van der Waals surface area (Å²) in [5.41, 5.74) is 9.99. The average molecular weight is 255 g/mol. The third-order valence-electron chi connectivity index (χ3n) is 3.15. The van der Waals surface area contributed by atoms with E-state index in [4.69, 9.17) is 0 Å². The van der Waals surface area contributed by atoms with Crippen LogP contribution in [0.5, 0.6) is 0 Å². The predicted octanol–water partition coefficient (Wildman–Crippen LogP) is 3.26. The van der Waals surface area contributed by atoms with Crippen LogP contribution < -0.4 is 15.8 Å². The summed E-state index contributed by atoms with van der Waals surface area (Å²) in [5, 5.41) is 0. The van der Waals surface area contributed by atoms with Crippen molar-refractivity contribution < 1.29 is 0 Å². The topological polar surface area (TPSA) is 27.3 Å². The van der Waals surface area contributed by atoms with Crippen LogP contribution >= 0.6 is 0 Å². The lowest BCUT2D eigenvalue weighted by Gasteiger charge is -2.17. The van der Waals surface area contributed by atoms with Crippen LogP contribution in [0, 0.1) is 0 Å². The number of hydrogen-bond acceptors (Lipinski definition) is 3. The number of anilines is 2. The van der Waals surface area contributed by atoms with Gasteiger partial charge in [0.15, 0.2) is 0 Å². The molecule has 0 radical (unpaired) electrons. The SMILES string of the molecule is CCN(C)c1ccc(CNNc2ccccc2)cc1. The molecule has 2 aromatic rings. The van der Waals surface area contributed by atoms with E-state index in [2.05, 4.69) is 54.0 Å². The first-order valence-corrected chi connectivity index (χ1v) is 6.63. The second-order valence-electron chi connectivity index (χ2n) is 4.53. The Bertz CT molecular complexity index is 479. The van der Waals surface area contributed by atoms with Crippen molar-refractivity contribution in [2.75, 3.05) is 23.9 Å². The maximum absolute atomic E-state index is 3.22. The minimum atomic E-state index is 0.797. The molecule has 2 N–H and O–H groups in total. The molecule has 0 aliphatic heterocycles. The lowest BCUT2D eigenvalue weighted by atomic mass is 10.2. The molecule has 0 aromatic heterocycles. The van der Waals surface area contributed by atoms with Gasteiger partial charge in [-0.05, 0) is 36.8 Å². The molecule has 3 heteroatoms. The Hall–Kier alpha value is -2.00. The third-order valence-corrected chi connectivity index (χ3v) is 3.15. The van der Waals surface area contributed by atoms with Crippen molar-refractivity contribution in [3.05, 3.63) is 60.2 Å². The zero-order chi connectivity index (χ0) is 13.5. The summed E-state index contributed by atoms with van der Waals surface area (Å²) in [4.78, 5) is 2.22. The van der Waals surface area contributed by atoms with Crippen molar-refractivity contribution in [2.24, 2.45) is 0 Å². The molecule has 0 saturated carbocycles. The number of benzene rings is 2. The highest BCUT2D eigenvalue weighted by atomic mass is 15.3. The zero-order valence-electron chi connectivity index (χ0n) is 11.6. The van der Waals surface area contributed by atoms with Crippen molar-refractivity contribution in [3.8, 4) is 0 Å². The summed E-state index contributed by atoms with van der Waals surface area (Å²) in [6.07, 6.45) is 0. The van der Waals surface area contributed by atoms with E-state index in [0.717, 1.165) is 18.8 Å². The second kappa shape index (κ2) is 6.81. The lowest BCUT2D eigenvalue weighted by molar-refractivity contribution is 0.801. The van der Waals surface area contributed by atoms with Gasteiger partial charge in [0.25, 0.3) is 0 Å². The molecular formula is C16H21N3. The van der Waals surface area contributed by atoms with Crippen LogP contribution in [0.25, 0.3) is 0 Å². The van der Waals surface area contributed by atoms with Gasteiger partial charge in [0.1, 0.15) is 0 Å². The number of nitrogens with zero attached hydrogens (tertiary/aromatic N) is 1. The Kier molecular flexibility index (Phi) is 4.81. The number of nitrogens with one attached hydrogen (secondary N) is 2. The molecule has 0 saturated heterocycles. The largest absolute Gasteiger partial charge is 0.375 e. The number of hydrazine groups is 1. The van der Waals surface area contributed by atoms with Gasteiger partial charge in [-0.25, -0.2) is 5.43 Å². The van der Waals surface area contributed by atoms with Crippen molar-refractivity contribution in [1.29, 1.82) is 0 Å². The van der Waals surface area contributed by atoms with Gasteiger partial charge in [0.2, 0.25) is 0 Å². The fourth-order valence-electron chi connectivity index (χ4n) is 1.82. The van der Waals surface area contributed by atoms with Crippen molar-refractivity contribution in [3.63, 3.8) is 0 Å². The molecule has 0 spiro atoms. The molecule has 0 fully saturated rings. The maximum atomic E-state index is 3.22. The van der Waals surface area contributed by atoms with E-state index in [9.17, 15) is 0 Å². The van der Waals surface area contributed by atoms with Crippen LogP contribution in [0.1, 0.15) is 12.5 Å². The highest BCUT2D eigenvalue weighted by molar-refractivity contribution is 5.47. The average Bonchev–Trinajstić information content (AvgIpc) is 2.48. The molecular weight excluding hydrogens is 234 g/mol. The summed E-state index contributed by atoms with van der Waals surface area (Å²) in [6, 6.07) is 18.7. The Labute approximate surface area is 115 Å². The summed E-state index contributed by atoms with van der Waals surface area (Å²) in [7, 11) is 2.10. The Balaban J connectivity index is 1.83. The molecule has 0 bridgehead atoms. The van der Waals surface area contributed by atoms with Gasteiger partial charge in [-0.15, -0.1) is 0 Å². The number of hydrogen-bond donors (Lipinski definition) is 2. The van der Waals surface area contributed by atoms with Crippen molar-refractivity contribution >= 4 is 11.4 Å². The molecule has 0 amide bonds. The molecule has 19 heavy (non-hydrogen) atoms. The van der Waals surface area contributed by atoms with Gasteiger partial charge in [-0.2, -0.15) is 0 Å². The van der Waals surface area contributed by atoms with Crippen molar-refractivity contribution in [1.82, 2.24) is 5.43 Å². The molecule has 0 atom stereocenters. The third kappa shape index (κ3) is 4.00. The van der Waals surface area contributed by atoms with Gasteiger partial charge in [-0.1, -0.05) is 30.3 Å². The van der Waals surface area contributed by atoms with Crippen LogP contribution in [0.4, 0.5) is 11.4 Å². The van der Waals surface area contributed by atoms with Crippen LogP contribution in [-0.4, -0.2) is 13.6 Å². The second-order valence-corrected chi connectivity index (χ2v) is 4.53. The van der Waals surface area contributed by atoms with Crippen LogP contribution in [0.2, 0.25) is 0 Å². The fourth-order valence-corrected chi connectivity index (χ4v) is 1.82. The molecule has 100 valence electrons. The van der Waals surface area contributed by atoms with Gasteiger partial charge < -0.3 is 10.3 Å². The number of para-hydroxylation sites is 1. The highest BCUT2D eigenvalue weighted by Crippen LogP contribution is 2.13. The molecule has 2 rings (SSSR count). The fraction of sp³-hybridized carbons (Fsp3) is 0.250. The first-order valence-electron chi connectivity index (χ1n) is 6.63. The minimum absolute atomic E-state index is 0.797. The first kappa shape index (κ1) is 13.4. The van der Waals surface area contributed by atoms with Gasteiger partial charge in [0, 0.05) is 31.5 Å². The number of rotatable bonds is 6. The minimum Gasteiger partial charge on any atom is -0.375 e. The van der Waals surface area contributed by atoms with Crippen LogP contribution in [0.15, 0.2) is 54.6 Å². The monoisotopic (exact) mass is 255 g/mol. The van der Waals surface area contributed by atoms with Crippen LogP contribution in [-0.2, 0) is 6.54 Å². The summed E-state index contributed by atoms with van der Waals surface area (Å²) < 4.78 is 0. The van der Waals surface area contributed by atoms with E-state index in [1.807, 2.05) is 30.3 Å². The standard InChI is InChI=1S/C16H21N3/c1-3-19(2)16-11-9-14(10-12-16)13-17-18-15-7-5-4-6-8-15/h4-12,17-18H,3,13H2,1-2H3. The molecule has 0 aliphatic rings. The predicted molar refractivity (Wildman–Crippen MR) is 82.3 cm³/mol. The van der Waals surface area contributed by atoms with Crippen LogP contribution in [0.3, 0.4) is 0 Å². The summed E-state index contributed by atoms with van der Waals surface area (Å²) in [5.74, 6) is 0. The summed E-state index contributed by atoms with van der Waals surface area (Å²) >= 11 is 0. The van der Waals surface area contributed by atoms with E-state index in [0.29, 0.717) is 0 Å². The lowest BCUT2D eigenvalue weighted by Crippen LogP contribution is -2.21.